The SMILES string of the molecule is COC(=O)c1ccc(CNc2ccc(C)c(F)c2)o1. The van der Waals surface area contributed by atoms with Crippen molar-refractivity contribution < 1.29 is 18.3 Å². The van der Waals surface area contributed by atoms with Gasteiger partial charge in [0, 0.05) is 5.69 Å². The number of anilines is 1. The van der Waals surface area contributed by atoms with E-state index in [1.54, 1.807) is 31.2 Å². The zero-order chi connectivity index (χ0) is 13.8. The van der Waals surface area contributed by atoms with Gasteiger partial charge in [0.15, 0.2) is 0 Å². The first-order chi connectivity index (χ1) is 9.10. The number of hydrogen-bond donors (Lipinski definition) is 1. The first-order valence-corrected chi connectivity index (χ1v) is 5.77. The van der Waals surface area contributed by atoms with Crippen molar-refractivity contribution in [2.45, 2.75) is 13.5 Å². The van der Waals surface area contributed by atoms with E-state index in [2.05, 4.69) is 10.1 Å². The molecule has 0 radical (unpaired) electrons. The Kier molecular flexibility index (Phi) is 3.85. The minimum Gasteiger partial charge on any atom is -0.463 e. The second-order valence-electron chi connectivity index (χ2n) is 4.08. The van der Waals surface area contributed by atoms with Gasteiger partial charge < -0.3 is 14.5 Å². The predicted octanol–water partition coefficient (Wildman–Crippen LogP) is 3.13. The van der Waals surface area contributed by atoms with Crippen molar-refractivity contribution in [3.05, 3.63) is 53.2 Å². The number of benzene rings is 1. The van der Waals surface area contributed by atoms with E-state index >= 15 is 0 Å². The molecule has 4 nitrogen and oxygen atoms in total. The first-order valence-electron chi connectivity index (χ1n) is 5.77. The lowest BCUT2D eigenvalue weighted by atomic mass is 10.2. The molecule has 0 saturated carbocycles. The number of methoxy groups -OCH3 is 1. The third-order valence-corrected chi connectivity index (χ3v) is 2.69. The molecular weight excluding hydrogens is 249 g/mol. The van der Waals surface area contributed by atoms with E-state index in [1.165, 1.54) is 13.2 Å². The Morgan fingerprint density at radius 2 is 2.16 bits per heavy atom. The van der Waals surface area contributed by atoms with Gasteiger partial charge in [-0.15, -0.1) is 0 Å². The highest BCUT2D eigenvalue weighted by molar-refractivity contribution is 5.86. The van der Waals surface area contributed by atoms with E-state index in [-0.39, 0.29) is 11.6 Å². The molecule has 0 bridgehead atoms. The Hall–Kier alpha value is -2.30. The Balaban J connectivity index is 2.00. The van der Waals surface area contributed by atoms with Crippen LogP contribution >= 0.6 is 0 Å². The Bertz CT molecular complexity index is 592. The fourth-order valence-corrected chi connectivity index (χ4v) is 1.58. The molecule has 0 aliphatic carbocycles. The van der Waals surface area contributed by atoms with Crippen molar-refractivity contribution >= 4 is 11.7 Å². The fourth-order valence-electron chi connectivity index (χ4n) is 1.58. The highest BCUT2D eigenvalue weighted by Gasteiger charge is 2.10. The number of carbonyl (C=O) groups excluding carboxylic acids is 1. The van der Waals surface area contributed by atoms with Crippen molar-refractivity contribution in [2.75, 3.05) is 12.4 Å². The molecule has 0 aliphatic heterocycles. The van der Waals surface area contributed by atoms with E-state index in [4.69, 9.17) is 4.42 Å². The highest BCUT2D eigenvalue weighted by Crippen LogP contribution is 2.16. The number of esters is 1. The van der Waals surface area contributed by atoms with Gasteiger partial charge in [-0.3, -0.25) is 0 Å². The lowest BCUT2D eigenvalue weighted by molar-refractivity contribution is 0.0563. The molecule has 0 amide bonds. The molecule has 5 heteroatoms. The number of halogens is 1. The summed E-state index contributed by atoms with van der Waals surface area (Å²) < 4.78 is 23.2. The largest absolute Gasteiger partial charge is 0.463 e. The van der Waals surface area contributed by atoms with Crippen LogP contribution in [0.1, 0.15) is 21.9 Å². The lowest BCUT2D eigenvalue weighted by Gasteiger charge is -2.05. The minimum atomic E-state index is -0.521. The number of furan rings is 1. The van der Waals surface area contributed by atoms with E-state index in [0.717, 1.165) is 0 Å². The third kappa shape index (κ3) is 3.13. The van der Waals surface area contributed by atoms with Crippen molar-refractivity contribution in [2.24, 2.45) is 0 Å². The van der Waals surface area contributed by atoms with Gasteiger partial charge in [-0.1, -0.05) is 6.07 Å². The maximum atomic E-state index is 13.3. The van der Waals surface area contributed by atoms with Crippen LogP contribution in [-0.2, 0) is 11.3 Å². The molecule has 1 heterocycles. The van der Waals surface area contributed by atoms with Crippen molar-refractivity contribution in [3.8, 4) is 0 Å². The molecule has 0 fully saturated rings. The van der Waals surface area contributed by atoms with E-state index in [1.807, 2.05) is 0 Å². The molecule has 1 aromatic carbocycles. The van der Waals surface area contributed by atoms with E-state index in [9.17, 15) is 9.18 Å². The smallest absolute Gasteiger partial charge is 0.373 e. The van der Waals surface area contributed by atoms with Crippen LogP contribution in [0.4, 0.5) is 10.1 Å². The quantitative estimate of drug-likeness (QED) is 0.861. The van der Waals surface area contributed by atoms with Crippen LogP contribution in [0.5, 0.6) is 0 Å². The third-order valence-electron chi connectivity index (χ3n) is 2.69. The standard InChI is InChI=1S/C14H14FNO3/c1-9-3-4-10(7-12(9)15)16-8-11-5-6-13(19-11)14(17)18-2/h3-7,16H,8H2,1-2H3. The summed E-state index contributed by atoms with van der Waals surface area (Å²) in [6.45, 7) is 2.06. The number of aryl methyl sites for hydroxylation is 1. The molecule has 0 aliphatic rings. The second-order valence-corrected chi connectivity index (χ2v) is 4.08. The van der Waals surface area contributed by atoms with Crippen molar-refractivity contribution in [3.63, 3.8) is 0 Å². The molecule has 1 N–H and O–H groups in total. The molecular formula is C14H14FNO3. The van der Waals surface area contributed by atoms with Crippen LogP contribution in [0.2, 0.25) is 0 Å². The maximum absolute atomic E-state index is 13.3. The van der Waals surface area contributed by atoms with Crippen LogP contribution < -0.4 is 5.32 Å². The summed E-state index contributed by atoms with van der Waals surface area (Å²) in [7, 11) is 1.29. The van der Waals surface area contributed by atoms with Gasteiger partial charge >= 0.3 is 5.97 Å². The van der Waals surface area contributed by atoms with Crippen LogP contribution in [0.15, 0.2) is 34.7 Å². The normalized spacial score (nSPS) is 10.3. The summed E-state index contributed by atoms with van der Waals surface area (Å²) in [5, 5.41) is 3.01. The zero-order valence-corrected chi connectivity index (χ0v) is 10.7. The van der Waals surface area contributed by atoms with Crippen molar-refractivity contribution in [1.29, 1.82) is 0 Å². The fraction of sp³-hybridized carbons (Fsp3) is 0.214. The highest BCUT2D eigenvalue weighted by atomic mass is 19.1. The van der Waals surface area contributed by atoms with Gasteiger partial charge in [0.05, 0.1) is 13.7 Å². The number of carbonyl (C=O) groups is 1. The second kappa shape index (κ2) is 5.56. The summed E-state index contributed by atoms with van der Waals surface area (Å²) >= 11 is 0. The Labute approximate surface area is 110 Å². The Morgan fingerprint density at radius 1 is 1.37 bits per heavy atom. The van der Waals surface area contributed by atoms with Crippen LogP contribution in [0.3, 0.4) is 0 Å². The van der Waals surface area contributed by atoms with Crippen molar-refractivity contribution in [1.82, 2.24) is 0 Å². The average Bonchev–Trinajstić information content (AvgIpc) is 2.88. The Morgan fingerprint density at radius 3 is 2.84 bits per heavy atom. The van der Waals surface area contributed by atoms with Gasteiger partial charge in [0.25, 0.3) is 0 Å². The molecule has 2 rings (SSSR count). The molecule has 1 aromatic heterocycles. The van der Waals surface area contributed by atoms with Gasteiger partial charge in [-0.05, 0) is 36.8 Å². The first kappa shape index (κ1) is 13.1. The molecule has 0 saturated heterocycles. The van der Waals surface area contributed by atoms with Crippen LogP contribution in [0.25, 0.3) is 0 Å². The van der Waals surface area contributed by atoms with Gasteiger partial charge in [0.1, 0.15) is 11.6 Å². The van der Waals surface area contributed by atoms with E-state index in [0.29, 0.717) is 23.6 Å². The lowest BCUT2D eigenvalue weighted by Crippen LogP contribution is -2.00. The summed E-state index contributed by atoms with van der Waals surface area (Å²) in [5.74, 6) is -0.0666. The number of ether oxygens (including phenoxy) is 1. The molecule has 100 valence electrons. The zero-order valence-electron chi connectivity index (χ0n) is 10.7. The monoisotopic (exact) mass is 263 g/mol. The summed E-state index contributed by atoms with van der Waals surface area (Å²) in [4.78, 5) is 11.2. The number of rotatable bonds is 4. The van der Waals surface area contributed by atoms with E-state index < -0.39 is 5.97 Å². The maximum Gasteiger partial charge on any atom is 0.373 e. The average molecular weight is 263 g/mol. The minimum absolute atomic E-state index is 0.148. The number of nitrogens with one attached hydrogen (secondary N) is 1. The number of hydrogen-bond acceptors (Lipinski definition) is 4. The molecule has 0 spiro atoms. The molecule has 19 heavy (non-hydrogen) atoms. The molecule has 0 atom stereocenters. The molecule has 2 aromatic rings. The van der Waals surface area contributed by atoms with Gasteiger partial charge in [-0.2, -0.15) is 0 Å². The van der Waals surface area contributed by atoms with Crippen LogP contribution in [-0.4, -0.2) is 13.1 Å². The summed E-state index contributed by atoms with van der Waals surface area (Å²) in [5.41, 5.74) is 1.25. The van der Waals surface area contributed by atoms with Crippen LogP contribution in [0, 0.1) is 12.7 Å². The summed E-state index contributed by atoms with van der Waals surface area (Å²) in [6, 6.07) is 8.10. The van der Waals surface area contributed by atoms with Gasteiger partial charge in [0.2, 0.25) is 5.76 Å². The summed E-state index contributed by atoms with van der Waals surface area (Å²) in [6.07, 6.45) is 0. The van der Waals surface area contributed by atoms with Gasteiger partial charge in [-0.25, -0.2) is 9.18 Å². The topological polar surface area (TPSA) is 51.5 Å². The molecule has 0 unspecified atom stereocenters. The predicted molar refractivity (Wildman–Crippen MR) is 68.5 cm³/mol.